The Hall–Kier alpha value is -2.67. The number of hydrogen-bond acceptors (Lipinski definition) is 4. The molecular weight excluding hydrogens is 372 g/mol. The van der Waals surface area contributed by atoms with Gasteiger partial charge in [-0.3, -0.25) is 4.79 Å². The molecule has 0 saturated heterocycles. The Labute approximate surface area is 169 Å². The first-order chi connectivity index (χ1) is 13.2. The highest BCUT2D eigenvalue weighted by Crippen LogP contribution is 2.33. The highest BCUT2D eigenvalue weighted by atomic mass is 32.1. The van der Waals surface area contributed by atoms with Crippen molar-refractivity contribution in [3.8, 4) is 0 Å². The first kappa shape index (κ1) is 20.1. The molecule has 28 heavy (non-hydrogen) atoms. The van der Waals surface area contributed by atoms with Crippen LogP contribution in [0.5, 0.6) is 0 Å². The van der Waals surface area contributed by atoms with Gasteiger partial charge in [0.1, 0.15) is 6.54 Å². The van der Waals surface area contributed by atoms with Gasteiger partial charge in [-0.1, -0.05) is 36.4 Å². The number of nitrogens with one attached hydrogen (secondary N) is 1. The Balaban J connectivity index is 1.79. The molecule has 3 amide bonds. The van der Waals surface area contributed by atoms with E-state index in [-0.39, 0.29) is 30.1 Å². The van der Waals surface area contributed by atoms with E-state index in [4.69, 9.17) is 0 Å². The fraction of sp³-hybridized carbons (Fsp3) is 0.381. The molecule has 1 aliphatic rings. The Bertz CT molecular complexity index is 856. The van der Waals surface area contributed by atoms with E-state index in [1.54, 1.807) is 18.4 Å². The van der Waals surface area contributed by atoms with Gasteiger partial charge in [0.2, 0.25) is 0 Å². The lowest BCUT2D eigenvalue weighted by atomic mass is 10.0. The van der Waals surface area contributed by atoms with Crippen molar-refractivity contribution in [2.45, 2.75) is 38.8 Å². The summed E-state index contributed by atoms with van der Waals surface area (Å²) < 4.78 is 0. The average Bonchev–Trinajstić information content (AvgIpc) is 3.30. The maximum Gasteiger partial charge on any atom is 0.318 e. The molecule has 6 nitrogen and oxygen atoms in total. The van der Waals surface area contributed by atoms with Crippen LogP contribution in [0.3, 0.4) is 0 Å². The van der Waals surface area contributed by atoms with Crippen LogP contribution in [-0.2, 0) is 4.79 Å². The lowest BCUT2D eigenvalue weighted by molar-refractivity contribution is -0.133. The molecule has 0 bridgehead atoms. The molecule has 0 saturated carbocycles. The molecule has 0 spiro atoms. The molecule has 148 valence electrons. The highest BCUT2D eigenvalue weighted by Gasteiger charge is 2.34. The van der Waals surface area contributed by atoms with Gasteiger partial charge < -0.3 is 10.2 Å². The average molecular weight is 399 g/mol. The number of hydrazone groups is 1. The number of nitrogens with zero attached hydrogens (tertiary/aromatic N) is 3. The summed E-state index contributed by atoms with van der Waals surface area (Å²) in [5.74, 6) is -0.202. The van der Waals surface area contributed by atoms with Gasteiger partial charge >= 0.3 is 6.03 Å². The van der Waals surface area contributed by atoms with E-state index in [0.29, 0.717) is 6.42 Å². The molecular formula is C21H26N4O2S. The Morgan fingerprint density at radius 3 is 2.54 bits per heavy atom. The molecule has 0 fully saturated rings. The van der Waals surface area contributed by atoms with E-state index in [1.807, 2.05) is 68.6 Å². The number of rotatable bonds is 4. The fourth-order valence-electron chi connectivity index (χ4n) is 3.03. The number of thiophene rings is 1. The summed E-state index contributed by atoms with van der Waals surface area (Å²) in [5.41, 5.74) is 1.57. The predicted octanol–water partition coefficient (Wildman–Crippen LogP) is 3.87. The lowest BCUT2D eigenvalue weighted by Crippen LogP contribution is -2.49. The second-order valence-electron chi connectivity index (χ2n) is 7.93. The molecule has 1 N–H and O–H groups in total. The molecule has 1 aromatic heterocycles. The normalized spacial score (nSPS) is 16.6. The van der Waals surface area contributed by atoms with Crippen LogP contribution in [0.25, 0.3) is 0 Å². The third-order valence-electron chi connectivity index (χ3n) is 4.36. The van der Waals surface area contributed by atoms with Crippen molar-refractivity contribution in [3.05, 3.63) is 58.3 Å². The summed E-state index contributed by atoms with van der Waals surface area (Å²) in [6.07, 6.45) is 0.661. The zero-order valence-electron chi connectivity index (χ0n) is 16.7. The highest BCUT2D eigenvalue weighted by molar-refractivity contribution is 7.12. The van der Waals surface area contributed by atoms with E-state index < -0.39 is 0 Å². The van der Waals surface area contributed by atoms with Gasteiger partial charge in [-0.2, -0.15) is 5.10 Å². The van der Waals surface area contributed by atoms with Crippen molar-refractivity contribution in [2.24, 2.45) is 5.10 Å². The number of carbonyl (C=O) groups is 2. The van der Waals surface area contributed by atoms with E-state index in [2.05, 4.69) is 10.4 Å². The smallest absolute Gasteiger partial charge is 0.318 e. The number of benzene rings is 1. The molecule has 2 heterocycles. The Kier molecular flexibility index (Phi) is 5.84. The van der Waals surface area contributed by atoms with Gasteiger partial charge in [-0.05, 0) is 37.8 Å². The third-order valence-corrected chi connectivity index (χ3v) is 5.28. The van der Waals surface area contributed by atoms with Crippen molar-refractivity contribution in [2.75, 3.05) is 13.6 Å². The summed E-state index contributed by atoms with van der Waals surface area (Å²) in [6.45, 7) is 5.69. The summed E-state index contributed by atoms with van der Waals surface area (Å²) in [7, 11) is 1.62. The largest absolute Gasteiger partial charge is 0.333 e. The van der Waals surface area contributed by atoms with E-state index in [0.717, 1.165) is 16.2 Å². The van der Waals surface area contributed by atoms with Crippen LogP contribution in [0.15, 0.2) is 52.9 Å². The minimum absolute atomic E-state index is 0.0353. The van der Waals surface area contributed by atoms with Crippen LogP contribution in [0, 0.1) is 0 Å². The van der Waals surface area contributed by atoms with Crippen LogP contribution in [-0.4, -0.2) is 46.7 Å². The number of likely N-dealkylation sites (N-methyl/N-ethyl adjacent to an activating group) is 1. The van der Waals surface area contributed by atoms with Gasteiger partial charge in [-0.25, -0.2) is 9.80 Å². The quantitative estimate of drug-likeness (QED) is 0.850. The van der Waals surface area contributed by atoms with Crippen molar-refractivity contribution in [3.63, 3.8) is 0 Å². The molecule has 0 radical (unpaired) electrons. The molecule has 0 unspecified atom stereocenters. The summed E-state index contributed by atoms with van der Waals surface area (Å²) in [6, 6.07) is 13.5. The van der Waals surface area contributed by atoms with Crippen molar-refractivity contribution in [1.29, 1.82) is 0 Å². The van der Waals surface area contributed by atoms with Crippen molar-refractivity contribution in [1.82, 2.24) is 15.2 Å². The Morgan fingerprint density at radius 2 is 1.93 bits per heavy atom. The van der Waals surface area contributed by atoms with Crippen LogP contribution < -0.4 is 5.32 Å². The maximum atomic E-state index is 13.0. The van der Waals surface area contributed by atoms with E-state index in [1.165, 1.54) is 9.91 Å². The SMILES string of the molecule is CN(CC(=O)N1N=C(c2cccs2)C[C@@H]1c1ccccc1)C(=O)NC(C)(C)C. The second kappa shape index (κ2) is 8.14. The van der Waals surface area contributed by atoms with Crippen LogP contribution in [0.4, 0.5) is 4.79 Å². The predicted molar refractivity (Wildman–Crippen MR) is 112 cm³/mol. The summed E-state index contributed by atoms with van der Waals surface area (Å²) >= 11 is 1.61. The van der Waals surface area contributed by atoms with Crippen LogP contribution in [0.1, 0.15) is 43.7 Å². The number of hydrogen-bond donors (Lipinski definition) is 1. The van der Waals surface area contributed by atoms with Crippen molar-refractivity contribution >= 4 is 29.0 Å². The van der Waals surface area contributed by atoms with Crippen LogP contribution >= 0.6 is 11.3 Å². The second-order valence-corrected chi connectivity index (χ2v) is 8.88. The Morgan fingerprint density at radius 1 is 1.21 bits per heavy atom. The minimum Gasteiger partial charge on any atom is -0.333 e. The van der Waals surface area contributed by atoms with Gasteiger partial charge in [0.25, 0.3) is 5.91 Å². The zero-order valence-corrected chi connectivity index (χ0v) is 17.5. The monoisotopic (exact) mass is 398 g/mol. The van der Waals surface area contributed by atoms with E-state index in [9.17, 15) is 9.59 Å². The zero-order chi connectivity index (χ0) is 20.3. The summed E-state index contributed by atoms with van der Waals surface area (Å²) in [4.78, 5) is 27.8. The topological polar surface area (TPSA) is 65.0 Å². The number of carbonyl (C=O) groups excluding carboxylic acids is 2. The van der Waals surface area contributed by atoms with Crippen LogP contribution in [0.2, 0.25) is 0 Å². The number of urea groups is 1. The molecule has 3 rings (SSSR count). The summed E-state index contributed by atoms with van der Waals surface area (Å²) in [5, 5.41) is 11.0. The van der Waals surface area contributed by atoms with Gasteiger partial charge in [-0.15, -0.1) is 11.3 Å². The van der Waals surface area contributed by atoms with E-state index >= 15 is 0 Å². The van der Waals surface area contributed by atoms with Gasteiger partial charge in [0, 0.05) is 19.0 Å². The number of amides is 3. The molecule has 7 heteroatoms. The first-order valence-electron chi connectivity index (χ1n) is 9.26. The van der Waals surface area contributed by atoms with Gasteiger partial charge in [0.15, 0.2) is 0 Å². The molecule has 1 aliphatic heterocycles. The van der Waals surface area contributed by atoms with Gasteiger partial charge in [0.05, 0.1) is 16.6 Å². The maximum absolute atomic E-state index is 13.0. The molecule has 1 aromatic carbocycles. The fourth-order valence-corrected chi connectivity index (χ4v) is 3.75. The van der Waals surface area contributed by atoms with Crippen molar-refractivity contribution < 1.29 is 9.59 Å². The molecule has 2 aromatic rings. The first-order valence-corrected chi connectivity index (χ1v) is 10.1. The molecule has 1 atom stereocenters. The lowest BCUT2D eigenvalue weighted by Gasteiger charge is -2.27. The third kappa shape index (κ3) is 4.78. The minimum atomic E-state index is -0.362. The standard InChI is InChI=1S/C21H26N4O2S/c1-21(2,3)22-20(27)24(4)14-19(26)25-17(15-9-6-5-7-10-15)13-16(23-25)18-11-8-12-28-18/h5-12,17H,13-14H2,1-4H3,(H,22,27)/t17-/m1/s1. The molecule has 0 aliphatic carbocycles.